The van der Waals surface area contributed by atoms with Crippen LogP contribution in [-0.4, -0.2) is 56.3 Å². The molecule has 2 amide bonds. The Bertz CT molecular complexity index is 725. The maximum Gasteiger partial charge on any atom is 0.243 e. The topological polar surface area (TPSA) is 93.0 Å². The summed E-state index contributed by atoms with van der Waals surface area (Å²) < 4.78 is 1.49. The molecule has 0 spiro atoms. The third kappa shape index (κ3) is 4.54. The van der Waals surface area contributed by atoms with Crippen molar-refractivity contribution in [2.75, 3.05) is 24.7 Å². The number of nitrogens with one attached hydrogen (secondary N) is 1. The van der Waals surface area contributed by atoms with Gasteiger partial charge in [0.05, 0.1) is 12.3 Å². The molecule has 128 valence electrons. The van der Waals surface area contributed by atoms with Gasteiger partial charge in [0, 0.05) is 19.8 Å². The van der Waals surface area contributed by atoms with E-state index in [-0.39, 0.29) is 24.1 Å². The predicted molar refractivity (Wildman–Crippen MR) is 91.7 cm³/mol. The quantitative estimate of drug-likeness (QED) is 0.784. The van der Waals surface area contributed by atoms with Crippen LogP contribution in [0.5, 0.6) is 0 Å². The highest BCUT2D eigenvalue weighted by molar-refractivity contribution is 7.99. The zero-order valence-electron chi connectivity index (χ0n) is 14.1. The summed E-state index contributed by atoms with van der Waals surface area (Å²) in [5.74, 6) is -0.227. The Morgan fingerprint density at radius 2 is 1.96 bits per heavy atom. The first kappa shape index (κ1) is 17.9. The number of nitrogens with zero attached hydrogens (tertiary/aromatic N) is 5. The second kappa shape index (κ2) is 7.91. The van der Waals surface area contributed by atoms with E-state index >= 15 is 0 Å². The number of amides is 2. The number of aromatic nitrogens is 4. The SMILES string of the molecule is Cc1cccc(C)c1NC(=O)CN(C)C(=O)CSc1nnnn1C. The standard InChI is InChI=1S/C15H20N6O2S/c1-10-6-5-7-11(2)14(10)16-12(22)8-20(3)13(23)9-24-15-17-18-19-21(15)4/h5-7H,8-9H2,1-4H3,(H,16,22). The summed E-state index contributed by atoms with van der Waals surface area (Å²) in [4.78, 5) is 25.7. The molecule has 0 aliphatic rings. The van der Waals surface area contributed by atoms with Gasteiger partial charge in [-0.2, -0.15) is 0 Å². The molecule has 1 aromatic carbocycles. The number of aryl methyl sites for hydroxylation is 3. The first-order chi connectivity index (χ1) is 11.4. The molecule has 0 saturated carbocycles. The lowest BCUT2D eigenvalue weighted by Gasteiger charge is -2.17. The average molecular weight is 348 g/mol. The molecular formula is C15H20N6O2S. The summed E-state index contributed by atoms with van der Waals surface area (Å²) in [5, 5.41) is 14.4. The minimum Gasteiger partial charge on any atom is -0.336 e. The summed E-state index contributed by atoms with van der Waals surface area (Å²) in [5.41, 5.74) is 2.77. The van der Waals surface area contributed by atoms with Crippen LogP contribution in [-0.2, 0) is 16.6 Å². The van der Waals surface area contributed by atoms with Crippen molar-refractivity contribution in [2.24, 2.45) is 7.05 Å². The molecule has 1 heterocycles. The molecule has 1 N–H and O–H groups in total. The lowest BCUT2D eigenvalue weighted by Crippen LogP contribution is -2.36. The molecule has 0 unspecified atom stereocenters. The van der Waals surface area contributed by atoms with E-state index in [1.807, 2.05) is 32.0 Å². The van der Waals surface area contributed by atoms with Crippen molar-refractivity contribution in [3.8, 4) is 0 Å². The highest BCUT2D eigenvalue weighted by Gasteiger charge is 2.16. The number of thioether (sulfide) groups is 1. The molecule has 2 rings (SSSR count). The summed E-state index contributed by atoms with van der Waals surface area (Å²) in [6.45, 7) is 3.86. The highest BCUT2D eigenvalue weighted by atomic mass is 32.2. The van der Waals surface area contributed by atoms with Crippen LogP contribution in [0.15, 0.2) is 23.4 Å². The van der Waals surface area contributed by atoms with Crippen molar-refractivity contribution < 1.29 is 9.59 Å². The Labute approximate surface area is 144 Å². The van der Waals surface area contributed by atoms with Crippen molar-refractivity contribution in [2.45, 2.75) is 19.0 Å². The van der Waals surface area contributed by atoms with Crippen molar-refractivity contribution >= 4 is 29.3 Å². The maximum absolute atomic E-state index is 12.2. The number of likely N-dealkylation sites (N-methyl/N-ethyl adjacent to an activating group) is 1. The lowest BCUT2D eigenvalue weighted by molar-refractivity contribution is -0.131. The summed E-state index contributed by atoms with van der Waals surface area (Å²) in [7, 11) is 3.30. The maximum atomic E-state index is 12.2. The molecule has 8 nitrogen and oxygen atoms in total. The summed E-state index contributed by atoms with van der Waals surface area (Å²) in [6, 6.07) is 5.81. The zero-order valence-corrected chi connectivity index (χ0v) is 14.9. The molecule has 0 saturated heterocycles. The Morgan fingerprint density at radius 3 is 2.54 bits per heavy atom. The van der Waals surface area contributed by atoms with Crippen molar-refractivity contribution in [3.05, 3.63) is 29.3 Å². The van der Waals surface area contributed by atoms with E-state index in [9.17, 15) is 9.59 Å². The molecule has 2 aromatic rings. The van der Waals surface area contributed by atoms with E-state index in [0.29, 0.717) is 5.16 Å². The van der Waals surface area contributed by atoms with Gasteiger partial charge >= 0.3 is 0 Å². The fourth-order valence-corrected chi connectivity index (χ4v) is 2.86. The number of para-hydroxylation sites is 1. The first-order valence-corrected chi connectivity index (χ1v) is 8.32. The third-order valence-corrected chi connectivity index (χ3v) is 4.45. The number of rotatable bonds is 6. The van der Waals surface area contributed by atoms with Crippen LogP contribution in [0.1, 0.15) is 11.1 Å². The van der Waals surface area contributed by atoms with Gasteiger partial charge in [-0.25, -0.2) is 4.68 Å². The Balaban J connectivity index is 1.86. The molecule has 0 aliphatic heterocycles. The number of hydrogen-bond acceptors (Lipinski definition) is 6. The molecule has 0 fully saturated rings. The predicted octanol–water partition coefficient (Wildman–Crippen LogP) is 1.02. The smallest absolute Gasteiger partial charge is 0.243 e. The Kier molecular flexibility index (Phi) is 5.91. The molecule has 1 aromatic heterocycles. The molecule has 0 atom stereocenters. The number of hydrogen-bond donors (Lipinski definition) is 1. The van der Waals surface area contributed by atoms with Gasteiger partial charge < -0.3 is 10.2 Å². The minimum atomic E-state index is -0.228. The fraction of sp³-hybridized carbons (Fsp3) is 0.400. The second-order valence-corrected chi connectivity index (χ2v) is 6.38. The van der Waals surface area contributed by atoms with Crippen LogP contribution < -0.4 is 5.32 Å². The Hall–Kier alpha value is -2.42. The molecule has 0 aliphatic carbocycles. The fourth-order valence-electron chi connectivity index (χ4n) is 2.07. The minimum absolute atomic E-state index is 0.00969. The van der Waals surface area contributed by atoms with Gasteiger partial charge in [0.1, 0.15) is 0 Å². The number of carbonyl (C=O) groups is 2. The number of anilines is 1. The van der Waals surface area contributed by atoms with Gasteiger partial charge in [-0.3, -0.25) is 9.59 Å². The van der Waals surface area contributed by atoms with Crippen molar-refractivity contribution in [3.63, 3.8) is 0 Å². The normalized spacial score (nSPS) is 10.5. The van der Waals surface area contributed by atoms with Crippen LogP contribution >= 0.6 is 11.8 Å². The van der Waals surface area contributed by atoms with E-state index < -0.39 is 0 Å². The average Bonchev–Trinajstić information content (AvgIpc) is 2.94. The van der Waals surface area contributed by atoms with E-state index in [0.717, 1.165) is 16.8 Å². The largest absolute Gasteiger partial charge is 0.336 e. The molecule has 0 radical (unpaired) electrons. The van der Waals surface area contributed by atoms with Crippen LogP contribution in [0.2, 0.25) is 0 Å². The number of tetrazole rings is 1. The number of benzene rings is 1. The summed E-state index contributed by atoms with van der Waals surface area (Å²) in [6.07, 6.45) is 0. The lowest BCUT2D eigenvalue weighted by atomic mass is 10.1. The first-order valence-electron chi connectivity index (χ1n) is 7.33. The number of carbonyl (C=O) groups excluding carboxylic acids is 2. The van der Waals surface area contributed by atoms with E-state index in [1.165, 1.54) is 21.3 Å². The van der Waals surface area contributed by atoms with Gasteiger partial charge in [-0.15, -0.1) is 5.10 Å². The van der Waals surface area contributed by atoms with Crippen molar-refractivity contribution in [1.82, 2.24) is 25.1 Å². The highest BCUT2D eigenvalue weighted by Crippen LogP contribution is 2.19. The zero-order chi connectivity index (χ0) is 17.7. The molecule has 9 heteroatoms. The van der Waals surface area contributed by atoms with E-state index in [2.05, 4.69) is 20.8 Å². The third-order valence-electron chi connectivity index (χ3n) is 3.46. The Morgan fingerprint density at radius 1 is 1.29 bits per heavy atom. The van der Waals surface area contributed by atoms with Gasteiger partial charge in [-0.05, 0) is 35.4 Å². The second-order valence-electron chi connectivity index (χ2n) is 5.44. The summed E-state index contributed by atoms with van der Waals surface area (Å²) >= 11 is 1.23. The van der Waals surface area contributed by atoms with Crippen LogP contribution in [0.3, 0.4) is 0 Å². The van der Waals surface area contributed by atoms with Gasteiger partial charge in [0.25, 0.3) is 0 Å². The van der Waals surface area contributed by atoms with Crippen molar-refractivity contribution in [1.29, 1.82) is 0 Å². The monoisotopic (exact) mass is 348 g/mol. The van der Waals surface area contributed by atoms with Gasteiger partial charge in [0.2, 0.25) is 17.0 Å². The van der Waals surface area contributed by atoms with Crippen LogP contribution in [0, 0.1) is 13.8 Å². The van der Waals surface area contributed by atoms with Crippen LogP contribution in [0.4, 0.5) is 5.69 Å². The molecule has 0 bridgehead atoms. The van der Waals surface area contributed by atoms with Gasteiger partial charge in [0.15, 0.2) is 0 Å². The van der Waals surface area contributed by atoms with E-state index in [1.54, 1.807) is 14.1 Å². The van der Waals surface area contributed by atoms with Crippen LogP contribution in [0.25, 0.3) is 0 Å². The molecule has 24 heavy (non-hydrogen) atoms. The molecular weight excluding hydrogens is 328 g/mol. The van der Waals surface area contributed by atoms with E-state index in [4.69, 9.17) is 0 Å². The van der Waals surface area contributed by atoms with Gasteiger partial charge in [-0.1, -0.05) is 30.0 Å².